The predicted molar refractivity (Wildman–Crippen MR) is 122 cm³/mol. The second-order valence-corrected chi connectivity index (χ2v) is 8.96. The lowest BCUT2D eigenvalue weighted by Gasteiger charge is -2.26. The van der Waals surface area contributed by atoms with Crippen LogP contribution < -0.4 is 14.8 Å². The number of rotatable bonds is 6. The summed E-state index contributed by atoms with van der Waals surface area (Å²) in [5, 5.41) is 6.36. The Hall–Kier alpha value is -2.21. The summed E-state index contributed by atoms with van der Waals surface area (Å²) in [5.74, 6) is 1.07. The molecule has 7 heteroatoms. The monoisotopic (exact) mass is 461 g/mol. The van der Waals surface area contributed by atoms with Gasteiger partial charge >= 0.3 is 0 Å². The smallest absolute Gasteiger partial charge is 0.265 e. The molecule has 1 N–H and O–H groups in total. The normalized spacial score (nSPS) is 14.8. The third-order valence-corrected chi connectivity index (χ3v) is 6.58. The molecule has 0 aliphatic carbocycles. The average molecular weight is 462 g/mol. The second kappa shape index (κ2) is 9.29. The van der Waals surface area contributed by atoms with E-state index in [1.54, 1.807) is 0 Å². The molecule has 0 fully saturated rings. The number of hydrogen-bond donors (Lipinski definition) is 1. The number of benzene rings is 2. The van der Waals surface area contributed by atoms with Gasteiger partial charge in [-0.3, -0.25) is 4.79 Å². The highest BCUT2D eigenvalue weighted by Crippen LogP contribution is 2.39. The highest BCUT2D eigenvalue weighted by Gasteiger charge is 2.27. The maximum absolute atomic E-state index is 13.0. The zero-order chi connectivity index (χ0) is 21.1. The van der Waals surface area contributed by atoms with E-state index in [1.807, 2.05) is 60.8 Å². The number of carbonyl (C=O) groups excluding carboxylic acids is 1. The first kappa shape index (κ1) is 21.0. The molecule has 1 unspecified atom stereocenters. The lowest BCUT2D eigenvalue weighted by atomic mass is 9.86. The SMILES string of the molecule is CC(NC(=O)c1scc2c1OCCO2)[C@H](Cc1ccc(Cl)cc1)c1ccc(Cl)cc1. The molecule has 156 valence electrons. The lowest BCUT2D eigenvalue weighted by Crippen LogP contribution is -2.37. The highest BCUT2D eigenvalue weighted by molar-refractivity contribution is 7.12. The molecule has 0 spiro atoms. The summed E-state index contributed by atoms with van der Waals surface area (Å²) >= 11 is 13.5. The van der Waals surface area contributed by atoms with E-state index in [0.717, 1.165) is 17.5 Å². The van der Waals surface area contributed by atoms with Crippen LogP contribution in [0, 0.1) is 0 Å². The zero-order valence-corrected chi connectivity index (χ0v) is 18.7. The van der Waals surface area contributed by atoms with Crippen LogP contribution in [0.4, 0.5) is 0 Å². The van der Waals surface area contributed by atoms with E-state index in [-0.39, 0.29) is 17.9 Å². The summed E-state index contributed by atoms with van der Waals surface area (Å²) < 4.78 is 11.2. The van der Waals surface area contributed by atoms with E-state index < -0.39 is 0 Å². The van der Waals surface area contributed by atoms with Crippen LogP contribution in [0.1, 0.15) is 33.6 Å². The van der Waals surface area contributed by atoms with E-state index in [9.17, 15) is 4.79 Å². The molecule has 0 saturated carbocycles. The fraction of sp³-hybridized carbons (Fsp3) is 0.261. The van der Waals surface area contributed by atoms with Crippen molar-refractivity contribution in [2.24, 2.45) is 0 Å². The molecule has 1 aliphatic rings. The Morgan fingerprint density at radius 1 is 1.03 bits per heavy atom. The first-order valence-corrected chi connectivity index (χ1v) is 11.3. The molecule has 0 saturated heterocycles. The Balaban J connectivity index is 1.56. The van der Waals surface area contributed by atoms with Crippen molar-refractivity contribution in [1.82, 2.24) is 5.32 Å². The van der Waals surface area contributed by atoms with Gasteiger partial charge in [0.15, 0.2) is 11.5 Å². The number of thiophene rings is 1. The number of fused-ring (bicyclic) bond motifs is 1. The Labute approximate surface area is 189 Å². The van der Waals surface area contributed by atoms with E-state index in [4.69, 9.17) is 32.7 Å². The van der Waals surface area contributed by atoms with Gasteiger partial charge in [-0.2, -0.15) is 0 Å². The second-order valence-electron chi connectivity index (χ2n) is 7.21. The standard InChI is InChI=1S/C23H21Cl2NO3S/c1-14(26-23(27)22-21-20(13-30-22)28-10-11-29-21)19(16-4-8-18(25)9-5-16)12-15-2-6-17(24)7-3-15/h2-9,13-14,19H,10-12H2,1H3,(H,26,27)/t14?,19-/m0/s1. The fourth-order valence-electron chi connectivity index (χ4n) is 3.56. The highest BCUT2D eigenvalue weighted by atomic mass is 35.5. The van der Waals surface area contributed by atoms with Gasteiger partial charge < -0.3 is 14.8 Å². The van der Waals surface area contributed by atoms with Crippen molar-refractivity contribution in [2.75, 3.05) is 13.2 Å². The minimum Gasteiger partial charge on any atom is -0.485 e. The fourth-order valence-corrected chi connectivity index (χ4v) is 4.64. The van der Waals surface area contributed by atoms with Gasteiger partial charge in [0.2, 0.25) is 0 Å². The van der Waals surface area contributed by atoms with Crippen molar-refractivity contribution in [3.05, 3.63) is 80.0 Å². The van der Waals surface area contributed by atoms with Gasteiger partial charge in [-0.15, -0.1) is 11.3 Å². The number of carbonyl (C=O) groups is 1. The van der Waals surface area contributed by atoms with Gasteiger partial charge in [0.25, 0.3) is 5.91 Å². The first-order valence-electron chi connectivity index (χ1n) is 9.69. The summed E-state index contributed by atoms with van der Waals surface area (Å²) in [7, 11) is 0. The Morgan fingerprint density at radius 3 is 2.37 bits per heavy atom. The predicted octanol–water partition coefficient (Wildman–Crippen LogP) is 5.97. The summed E-state index contributed by atoms with van der Waals surface area (Å²) in [6.07, 6.45) is 0.752. The molecular weight excluding hydrogens is 441 g/mol. The molecule has 0 bridgehead atoms. The van der Waals surface area contributed by atoms with Gasteiger partial charge in [-0.05, 0) is 48.7 Å². The quantitative estimate of drug-likeness (QED) is 0.491. The van der Waals surface area contributed by atoms with Crippen LogP contribution in [0.3, 0.4) is 0 Å². The van der Waals surface area contributed by atoms with Crippen molar-refractivity contribution >= 4 is 40.4 Å². The number of amides is 1. The summed E-state index contributed by atoms with van der Waals surface area (Å²) in [6.45, 7) is 2.97. The topological polar surface area (TPSA) is 47.6 Å². The Bertz CT molecular complexity index is 1020. The van der Waals surface area contributed by atoms with Gasteiger partial charge in [-0.1, -0.05) is 47.5 Å². The first-order chi connectivity index (χ1) is 14.5. The maximum atomic E-state index is 13.0. The van der Waals surface area contributed by atoms with Crippen LogP contribution in [-0.2, 0) is 6.42 Å². The van der Waals surface area contributed by atoms with Gasteiger partial charge in [0.1, 0.15) is 18.1 Å². The number of halogens is 2. The molecule has 4 rings (SSSR count). The molecule has 1 aliphatic heterocycles. The van der Waals surface area contributed by atoms with Crippen molar-refractivity contribution in [3.63, 3.8) is 0 Å². The molecule has 1 aromatic heterocycles. The molecule has 3 aromatic rings. The summed E-state index contributed by atoms with van der Waals surface area (Å²) in [5.41, 5.74) is 2.25. The zero-order valence-electron chi connectivity index (χ0n) is 16.4. The minimum absolute atomic E-state index is 0.0559. The van der Waals surface area contributed by atoms with Gasteiger partial charge in [-0.25, -0.2) is 0 Å². The third-order valence-electron chi connectivity index (χ3n) is 5.14. The number of hydrogen-bond acceptors (Lipinski definition) is 4. The van der Waals surface area contributed by atoms with Crippen molar-refractivity contribution in [3.8, 4) is 11.5 Å². The van der Waals surface area contributed by atoms with Crippen molar-refractivity contribution in [1.29, 1.82) is 0 Å². The van der Waals surface area contributed by atoms with Crippen LogP contribution in [-0.4, -0.2) is 25.2 Å². The molecule has 1 amide bonds. The molecule has 30 heavy (non-hydrogen) atoms. The van der Waals surface area contributed by atoms with Gasteiger partial charge in [0, 0.05) is 27.4 Å². The molecule has 2 atom stereocenters. The molecule has 2 aromatic carbocycles. The molecule has 2 heterocycles. The van der Waals surface area contributed by atoms with Gasteiger partial charge in [0.05, 0.1) is 0 Å². The minimum atomic E-state index is -0.158. The number of ether oxygens (including phenoxy) is 2. The van der Waals surface area contributed by atoms with Crippen LogP contribution in [0.15, 0.2) is 53.9 Å². The molecule has 0 radical (unpaired) electrons. The van der Waals surface area contributed by atoms with E-state index in [1.165, 1.54) is 11.3 Å². The van der Waals surface area contributed by atoms with Crippen molar-refractivity contribution < 1.29 is 14.3 Å². The van der Waals surface area contributed by atoms with Crippen LogP contribution in [0.5, 0.6) is 11.5 Å². The summed E-state index contributed by atoms with van der Waals surface area (Å²) in [6, 6.07) is 15.4. The third kappa shape index (κ3) is 4.75. The van der Waals surface area contributed by atoms with E-state index in [0.29, 0.717) is 39.6 Å². The summed E-state index contributed by atoms with van der Waals surface area (Å²) in [4.78, 5) is 13.5. The average Bonchev–Trinajstić information content (AvgIpc) is 3.18. The van der Waals surface area contributed by atoms with Crippen LogP contribution in [0.2, 0.25) is 10.0 Å². The number of nitrogens with one attached hydrogen (secondary N) is 1. The lowest BCUT2D eigenvalue weighted by molar-refractivity contribution is 0.0929. The van der Waals surface area contributed by atoms with Crippen molar-refractivity contribution in [2.45, 2.75) is 25.3 Å². The largest absolute Gasteiger partial charge is 0.485 e. The Morgan fingerprint density at radius 2 is 1.67 bits per heavy atom. The van der Waals surface area contributed by atoms with E-state index >= 15 is 0 Å². The molecular formula is C23H21Cl2NO3S. The Kier molecular flexibility index (Phi) is 6.52. The molecule has 4 nitrogen and oxygen atoms in total. The van der Waals surface area contributed by atoms with Crippen LogP contribution in [0.25, 0.3) is 0 Å². The maximum Gasteiger partial charge on any atom is 0.265 e. The van der Waals surface area contributed by atoms with Crippen LogP contribution >= 0.6 is 34.5 Å². The van der Waals surface area contributed by atoms with E-state index in [2.05, 4.69) is 5.32 Å².